The predicted molar refractivity (Wildman–Crippen MR) is 73.1 cm³/mol. The van der Waals surface area contributed by atoms with E-state index in [0.29, 0.717) is 23.9 Å². The fourth-order valence-corrected chi connectivity index (χ4v) is 2.48. The molecule has 1 amide bonds. The molecular weight excluding hydrogens is 272 g/mol. The molecule has 1 saturated carbocycles. The number of hydrogen-bond donors (Lipinski definition) is 1. The van der Waals surface area contributed by atoms with Crippen molar-refractivity contribution in [1.29, 1.82) is 0 Å². The van der Waals surface area contributed by atoms with Gasteiger partial charge in [-0.1, -0.05) is 5.16 Å². The third-order valence-corrected chi connectivity index (χ3v) is 3.88. The van der Waals surface area contributed by atoms with Crippen molar-refractivity contribution in [2.24, 2.45) is 0 Å². The third kappa shape index (κ3) is 2.56. The van der Waals surface area contributed by atoms with Gasteiger partial charge in [0.25, 0.3) is 5.91 Å². The topological polar surface area (TPSA) is 82.2 Å². The number of nitrogens with zero attached hydrogens (tertiary/aromatic N) is 3. The highest BCUT2D eigenvalue weighted by Crippen LogP contribution is 2.40. The van der Waals surface area contributed by atoms with Crippen LogP contribution in [0.4, 0.5) is 5.69 Å². The van der Waals surface area contributed by atoms with Crippen molar-refractivity contribution in [3.05, 3.63) is 29.9 Å². The molecule has 1 saturated heterocycles. The lowest BCUT2D eigenvalue weighted by atomic mass is 10.2. The highest BCUT2D eigenvalue weighted by Gasteiger charge is 2.29. The van der Waals surface area contributed by atoms with Gasteiger partial charge in [0.15, 0.2) is 5.69 Å². The van der Waals surface area contributed by atoms with Crippen molar-refractivity contribution in [3.63, 3.8) is 0 Å². The van der Waals surface area contributed by atoms with Crippen LogP contribution in [0.15, 0.2) is 23.0 Å². The van der Waals surface area contributed by atoms with Crippen LogP contribution in [0, 0.1) is 0 Å². The van der Waals surface area contributed by atoms with E-state index >= 15 is 0 Å². The molecule has 7 heteroatoms. The lowest BCUT2D eigenvalue weighted by molar-refractivity contribution is 0.101. The van der Waals surface area contributed by atoms with Gasteiger partial charge in [-0.25, -0.2) is 0 Å². The lowest BCUT2D eigenvalue weighted by Crippen LogP contribution is -2.12. The van der Waals surface area contributed by atoms with E-state index in [4.69, 9.17) is 9.26 Å². The standard InChI is InChI=1S/C14H16N4O3/c19-14(12-5-13(21-17-12)9-1-2-9)16-10-6-15-18(7-10)11-3-4-20-8-11/h5-7,9,11H,1-4,8H2,(H,16,19). The molecule has 0 aromatic carbocycles. The van der Waals surface area contributed by atoms with Crippen LogP contribution in [0.5, 0.6) is 0 Å². The third-order valence-electron chi connectivity index (χ3n) is 3.88. The van der Waals surface area contributed by atoms with Gasteiger partial charge >= 0.3 is 0 Å². The van der Waals surface area contributed by atoms with E-state index < -0.39 is 0 Å². The van der Waals surface area contributed by atoms with E-state index in [1.807, 2.05) is 10.9 Å². The number of ether oxygens (including phenoxy) is 1. The summed E-state index contributed by atoms with van der Waals surface area (Å²) >= 11 is 0. The second-order valence-corrected chi connectivity index (χ2v) is 5.57. The Hall–Kier alpha value is -2.15. The van der Waals surface area contributed by atoms with Crippen molar-refractivity contribution in [1.82, 2.24) is 14.9 Å². The molecule has 2 aromatic heterocycles. The van der Waals surface area contributed by atoms with Crippen LogP contribution >= 0.6 is 0 Å². The Morgan fingerprint density at radius 2 is 2.29 bits per heavy atom. The molecule has 1 aliphatic heterocycles. The van der Waals surface area contributed by atoms with Crippen LogP contribution in [0.25, 0.3) is 0 Å². The van der Waals surface area contributed by atoms with Gasteiger partial charge in [0.05, 0.1) is 24.5 Å². The van der Waals surface area contributed by atoms with E-state index in [9.17, 15) is 4.79 Å². The molecule has 0 radical (unpaired) electrons. The summed E-state index contributed by atoms with van der Waals surface area (Å²) in [5.41, 5.74) is 0.969. The Kier molecular flexibility index (Phi) is 2.99. The molecule has 3 heterocycles. The number of rotatable bonds is 4. The van der Waals surface area contributed by atoms with Gasteiger partial charge in [0.2, 0.25) is 0 Å². The summed E-state index contributed by atoms with van der Waals surface area (Å²) in [5, 5.41) is 10.9. The lowest BCUT2D eigenvalue weighted by Gasteiger charge is -2.06. The summed E-state index contributed by atoms with van der Waals surface area (Å²) in [5.74, 6) is 0.982. The van der Waals surface area contributed by atoms with Crippen LogP contribution in [-0.4, -0.2) is 34.1 Å². The molecule has 2 aliphatic rings. The van der Waals surface area contributed by atoms with Gasteiger partial charge in [-0.2, -0.15) is 5.10 Å². The zero-order valence-electron chi connectivity index (χ0n) is 11.5. The van der Waals surface area contributed by atoms with Gasteiger partial charge in [-0.3, -0.25) is 9.48 Å². The fourth-order valence-electron chi connectivity index (χ4n) is 2.48. The Bertz CT molecular complexity index is 653. The molecule has 0 spiro atoms. The number of aromatic nitrogens is 3. The number of amides is 1. The summed E-state index contributed by atoms with van der Waals surface area (Å²) < 4.78 is 12.4. The predicted octanol–water partition coefficient (Wildman–Crippen LogP) is 1.96. The van der Waals surface area contributed by atoms with Crippen molar-refractivity contribution in [2.45, 2.75) is 31.2 Å². The summed E-state index contributed by atoms with van der Waals surface area (Å²) in [4.78, 5) is 12.1. The first kappa shape index (κ1) is 12.6. The maximum absolute atomic E-state index is 12.1. The number of nitrogens with one attached hydrogen (secondary N) is 1. The smallest absolute Gasteiger partial charge is 0.277 e. The zero-order chi connectivity index (χ0) is 14.2. The average Bonchev–Trinajstić information content (AvgIpc) is 2.95. The van der Waals surface area contributed by atoms with Crippen LogP contribution in [0.3, 0.4) is 0 Å². The largest absolute Gasteiger partial charge is 0.379 e. The van der Waals surface area contributed by atoms with E-state index in [-0.39, 0.29) is 11.9 Å². The van der Waals surface area contributed by atoms with E-state index in [2.05, 4.69) is 15.6 Å². The molecule has 2 fully saturated rings. The van der Waals surface area contributed by atoms with Crippen LogP contribution in [0.2, 0.25) is 0 Å². The van der Waals surface area contributed by atoms with E-state index in [0.717, 1.165) is 31.6 Å². The molecule has 110 valence electrons. The van der Waals surface area contributed by atoms with Crippen molar-refractivity contribution < 1.29 is 14.1 Å². The molecule has 0 bridgehead atoms. The maximum atomic E-state index is 12.1. The summed E-state index contributed by atoms with van der Waals surface area (Å²) in [6.45, 7) is 1.43. The number of carbonyl (C=O) groups is 1. The highest BCUT2D eigenvalue weighted by molar-refractivity contribution is 6.02. The van der Waals surface area contributed by atoms with E-state index in [1.165, 1.54) is 0 Å². The molecule has 2 aromatic rings. The quantitative estimate of drug-likeness (QED) is 0.930. The zero-order valence-corrected chi connectivity index (χ0v) is 11.5. The molecule has 1 atom stereocenters. The SMILES string of the molecule is O=C(Nc1cnn(C2CCOC2)c1)c1cc(C2CC2)on1. The van der Waals surface area contributed by atoms with Crippen molar-refractivity contribution in [2.75, 3.05) is 18.5 Å². The molecule has 21 heavy (non-hydrogen) atoms. The van der Waals surface area contributed by atoms with Crippen molar-refractivity contribution >= 4 is 11.6 Å². The molecule has 1 unspecified atom stereocenters. The fraction of sp³-hybridized carbons (Fsp3) is 0.500. The average molecular weight is 288 g/mol. The van der Waals surface area contributed by atoms with Crippen LogP contribution in [-0.2, 0) is 4.74 Å². The van der Waals surface area contributed by atoms with Crippen LogP contribution < -0.4 is 5.32 Å². The summed E-state index contributed by atoms with van der Waals surface area (Å²) in [6, 6.07) is 1.98. The van der Waals surface area contributed by atoms with Gasteiger partial charge < -0.3 is 14.6 Å². The second kappa shape index (κ2) is 5.00. The summed E-state index contributed by atoms with van der Waals surface area (Å²) in [7, 11) is 0. The Morgan fingerprint density at radius 1 is 1.38 bits per heavy atom. The number of anilines is 1. The summed E-state index contributed by atoms with van der Waals surface area (Å²) in [6.07, 6.45) is 6.64. The second-order valence-electron chi connectivity index (χ2n) is 5.57. The van der Waals surface area contributed by atoms with Crippen molar-refractivity contribution in [3.8, 4) is 0 Å². The van der Waals surface area contributed by atoms with Crippen LogP contribution in [0.1, 0.15) is 47.5 Å². The molecule has 1 N–H and O–H groups in total. The maximum Gasteiger partial charge on any atom is 0.277 e. The number of hydrogen-bond acceptors (Lipinski definition) is 5. The van der Waals surface area contributed by atoms with Gasteiger partial charge in [0.1, 0.15) is 5.76 Å². The molecule has 1 aliphatic carbocycles. The first-order valence-corrected chi connectivity index (χ1v) is 7.19. The minimum Gasteiger partial charge on any atom is -0.379 e. The minimum atomic E-state index is -0.270. The Morgan fingerprint density at radius 3 is 3.05 bits per heavy atom. The Labute approximate surface area is 121 Å². The van der Waals surface area contributed by atoms with E-state index in [1.54, 1.807) is 12.3 Å². The first-order chi connectivity index (χ1) is 10.3. The minimum absolute atomic E-state index is 0.254. The normalized spacial score (nSPS) is 21.6. The molecule has 7 nitrogen and oxygen atoms in total. The highest BCUT2D eigenvalue weighted by atomic mass is 16.5. The molecule has 4 rings (SSSR count). The monoisotopic (exact) mass is 288 g/mol. The van der Waals surface area contributed by atoms with Gasteiger partial charge in [0, 0.05) is 24.8 Å². The number of carbonyl (C=O) groups excluding carboxylic acids is 1. The van der Waals surface area contributed by atoms with Gasteiger partial charge in [-0.15, -0.1) is 0 Å². The molecular formula is C14H16N4O3. The van der Waals surface area contributed by atoms with Gasteiger partial charge in [-0.05, 0) is 19.3 Å². The Balaban J connectivity index is 1.43. The first-order valence-electron chi connectivity index (χ1n) is 7.19.